The number of hydrogen-bond acceptors (Lipinski definition) is 6. The molecule has 0 saturated carbocycles. The highest BCUT2D eigenvalue weighted by molar-refractivity contribution is 6.20. The SMILES string of the molecule is CC(C)(C)COc1ccc(N(CC(=O)O)C(=O)C(C=Nc2ccc(F)cc2)=CN)cc1C#N. The van der Waals surface area contributed by atoms with Crippen LogP contribution >= 0.6 is 0 Å². The molecule has 172 valence electrons. The zero-order valence-electron chi connectivity index (χ0n) is 18.6. The first-order valence-corrected chi connectivity index (χ1v) is 9.96. The number of nitriles is 1. The third kappa shape index (κ3) is 7.47. The van der Waals surface area contributed by atoms with Crippen molar-refractivity contribution in [2.75, 3.05) is 18.1 Å². The Bertz CT molecular complexity index is 1110. The van der Waals surface area contributed by atoms with Gasteiger partial charge in [0, 0.05) is 18.1 Å². The van der Waals surface area contributed by atoms with E-state index in [-0.39, 0.29) is 22.2 Å². The Morgan fingerprint density at radius 3 is 2.45 bits per heavy atom. The quantitative estimate of drug-likeness (QED) is 0.463. The van der Waals surface area contributed by atoms with Gasteiger partial charge >= 0.3 is 5.97 Å². The number of carbonyl (C=O) groups excluding carboxylic acids is 1. The molecule has 0 aromatic heterocycles. The van der Waals surface area contributed by atoms with Gasteiger partial charge in [-0.2, -0.15) is 5.26 Å². The van der Waals surface area contributed by atoms with Gasteiger partial charge in [-0.05, 0) is 47.9 Å². The second-order valence-corrected chi connectivity index (χ2v) is 8.28. The van der Waals surface area contributed by atoms with Gasteiger partial charge in [0.05, 0.1) is 23.4 Å². The van der Waals surface area contributed by atoms with E-state index >= 15 is 0 Å². The minimum absolute atomic E-state index is 0.0906. The first-order chi connectivity index (χ1) is 15.5. The molecule has 2 aromatic rings. The molecule has 0 aliphatic heterocycles. The van der Waals surface area contributed by atoms with E-state index in [0.29, 0.717) is 18.0 Å². The molecule has 0 unspecified atom stereocenters. The van der Waals surface area contributed by atoms with Gasteiger partial charge in [0.2, 0.25) is 0 Å². The van der Waals surface area contributed by atoms with Crippen molar-refractivity contribution in [3.05, 3.63) is 65.6 Å². The van der Waals surface area contributed by atoms with Crippen LogP contribution in [-0.2, 0) is 9.59 Å². The van der Waals surface area contributed by atoms with Crippen LogP contribution in [0.3, 0.4) is 0 Å². The number of carbonyl (C=O) groups is 2. The summed E-state index contributed by atoms with van der Waals surface area (Å²) in [6.07, 6.45) is 2.16. The van der Waals surface area contributed by atoms with Crippen molar-refractivity contribution in [3.8, 4) is 11.8 Å². The van der Waals surface area contributed by atoms with Crippen molar-refractivity contribution in [1.82, 2.24) is 0 Å². The topological polar surface area (TPSA) is 129 Å². The van der Waals surface area contributed by atoms with Gasteiger partial charge in [-0.3, -0.25) is 19.5 Å². The van der Waals surface area contributed by atoms with Gasteiger partial charge in [-0.15, -0.1) is 0 Å². The smallest absolute Gasteiger partial charge is 0.323 e. The summed E-state index contributed by atoms with van der Waals surface area (Å²) < 4.78 is 18.8. The zero-order chi connectivity index (χ0) is 24.6. The monoisotopic (exact) mass is 452 g/mol. The van der Waals surface area contributed by atoms with E-state index in [1.54, 1.807) is 0 Å². The number of nitrogens with zero attached hydrogens (tertiary/aromatic N) is 3. The van der Waals surface area contributed by atoms with Crippen LogP contribution in [0.5, 0.6) is 5.75 Å². The van der Waals surface area contributed by atoms with Crippen LogP contribution in [0.1, 0.15) is 26.3 Å². The predicted molar refractivity (Wildman–Crippen MR) is 123 cm³/mol. The first-order valence-electron chi connectivity index (χ1n) is 9.96. The Morgan fingerprint density at radius 2 is 1.91 bits per heavy atom. The Hall–Kier alpha value is -4.19. The highest BCUT2D eigenvalue weighted by atomic mass is 19.1. The Labute approximate surface area is 191 Å². The Kier molecular flexibility index (Phi) is 8.29. The molecule has 3 N–H and O–H groups in total. The van der Waals surface area contributed by atoms with Crippen LogP contribution in [0, 0.1) is 22.6 Å². The summed E-state index contributed by atoms with van der Waals surface area (Å²) in [5, 5.41) is 18.9. The minimum atomic E-state index is -1.26. The second-order valence-electron chi connectivity index (χ2n) is 8.28. The van der Waals surface area contributed by atoms with E-state index in [1.807, 2.05) is 26.8 Å². The van der Waals surface area contributed by atoms with Crippen molar-refractivity contribution in [1.29, 1.82) is 5.26 Å². The zero-order valence-corrected chi connectivity index (χ0v) is 18.6. The molecule has 33 heavy (non-hydrogen) atoms. The molecular weight excluding hydrogens is 427 g/mol. The second kappa shape index (κ2) is 10.9. The largest absolute Gasteiger partial charge is 0.492 e. The van der Waals surface area contributed by atoms with Crippen molar-refractivity contribution in [3.63, 3.8) is 0 Å². The number of aliphatic imine (C=N–C) groups is 1. The number of anilines is 1. The maximum absolute atomic E-state index is 13.1. The molecule has 0 atom stereocenters. The number of rotatable bonds is 8. The summed E-state index contributed by atoms with van der Waals surface area (Å²) in [5.41, 5.74) is 6.06. The molecule has 9 heteroatoms. The molecule has 0 heterocycles. The van der Waals surface area contributed by atoms with E-state index in [1.165, 1.54) is 42.5 Å². The summed E-state index contributed by atoms with van der Waals surface area (Å²) in [6.45, 7) is 5.63. The maximum atomic E-state index is 13.1. The number of amides is 1. The van der Waals surface area contributed by atoms with Crippen LogP contribution < -0.4 is 15.4 Å². The highest BCUT2D eigenvalue weighted by Gasteiger charge is 2.23. The molecule has 0 aliphatic carbocycles. The molecule has 2 rings (SSSR count). The number of ether oxygens (including phenoxy) is 1. The molecule has 2 aromatic carbocycles. The fourth-order valence-electron chi connectivity index (χ4n) is 2.61. The number of hydrogen-bond donors (Lipinski definition) is 2. The van der Waals surface area contributed by atoms with E-state index in [0.717, 1.165) is 17.3 Å². The van der Waals surface area contributed by atoms with Crippen LogP contribution in [-0.4, -0.2) is 36.3 Å². The summed E-state index contributed by atoms with van der Waals surface area (Å²) in [5.74, 6) is -2.11. The lowest BCUT2D eigenvalue weighted by Gasteiger charge is -2.23. The van der Waals surface area contributed by atoms with Gasteiger partial charge in [0.25, 0.3) is 5.91 Å². The first kappa shape index (κ1) is 25.1. The van der Waals surface area contributed by atoms with Crippen molar-refractivity contribution < 1.29 is 23.8 Å². The highest BCUT2D eigenvalue weighted by Crippen LogP contribution is 2.27. The van der Waals surface area contributed by atoms with Crippen LogP contribution in [0.15, 0.2) is 59.2 Å². The van der Waals surface area contributed by atoms with Gasteiger partial charge in [-0.25, -0.2) is 4.39 Å². The average molecular weight is 452 g/mol. The number of benzene rings is 2. The Morgan fingerprint density at radius 1 is 1.24 bits per heavy atom. The van der Waals surface area contributed by atoms with Gasteiger partial charge in [-0.1, -0.05) is 20.8 Å². The van der Waals surface area contributed by atoms with Crippen molar-refractivity contribution in [2.45, 2.75) is 20.8 Å². The number of carboxylic acid groups (broad SMARTS) is 1. The third-order valence-electron chi connectivity index (χ3n) is 4.20. The molecule has 0 spiro atoms. The Balaban J connectivity index is 2.35. The van der Waals surface area contributed by atoms with Gasteiger partial charge in [0.15, 0.2) is 0 Å². The average Bonchev–Trinajstić information content (AvgIpc) is 2.76. The van der Waals surface area contributed by atoms with Crippen LogP contribution in [0.25, 0.3) is 0 Å². The lowest BCUT2D eigenvalue weighted by atomic mass is 9.98. The van der Waals surface area contributed by atoms with Crippen LogP contribution in [0.4, 0.5) is 15.8 Å². The molecule has 1 amide bonds. The minimum Gasteiger partial charge on any atom is -0.492 e. The molecular formula is C24H25FN4O4. The summed E-state index contributed by atoms with van der Waals surface area (Å²) in [6, 6.07) is 11.6. The molecule has 0 fully saturated rings. The number of nitrogens with two attached hydrogens (primary N) is 1. The van der Waals surface area contributed by atoms with E-state index in [9.17, 15) is 24.3 Å². The standard InChI is InChI=1S/C24H25FN4O4/c1-24(2,3)15-33-21-9-8-20(10-16(21)11-26)29(14-22(30)31)23(32)17(12-27)13-28-19-6-4-18(25)5-7-19/h4-10,12-13H,14-15,27H2,1-3H3,(H,30,31). The fourth-order valence-corrected chi connectivity index (χ4v) is 2.61. The number of carboxylic acids is 1. The molecule has 0 aliphatic rings. The lowest BCUT2D eigenvalue weighted by Crippen LogP contribution is -2.37. The van der Waals surface area contributed by atoms with Crippen molar-refractivity contribution >= 4 is 29.5 Å². The molecule has 0 radical (unpaired) electrons. The van der Waals surface area contributed by atoms with Gasteiger partial charge < -0.3 is 15.6 Å². The molecule has 0 saturated heterocycles. The maximum Gasteiger partial charge on any atom is 0.323 e. The van der Waals surface area contributed by atoms with E-state index in [4.69, 9.17) is 10.5 Å². The van der Waals surface area contributed by atoms with Crippen LogP contribution in [0.2, 0.25) is 0 Å². The summed E-state index contributed by atoms with van der Waals surface area (Å²) in [4.78, 5) is 29.6. The third-order valence-corrected chi connectivity index (χ3v) is 4.20. The normalized spacial score (nSPS) is 11.8. The van der Waals surface area contributed by atoms with E-state index in [2.05, 4.69) is 4.99 Å². The predicted octanol–water partition coefficient (Wildman–Crippen LogP) is 3.78. The number of aliphatic carboxylic acids is 1. The van der Waals surface area contributed by atoms with Crippen molar-refractivity contribution in [2.24, 2.45) is 16.1 Å². The fraction of sp³-hybridized carbons (Fsp3) is 0.250. The number of halogens is 1. The van der Waals surface area contributed by atoms with Gasteiger partial charge in [0.1, 0.15) is 24.2 Å². The molecule has 0 bridgehead atoms. The lowest BCUT2D eigenvalue weighted by molar-refractivity contribution is -0.136. The van der Waals surface area contributed by atoms with E-state index < -0.39 is 24.2 Å². The summed E-state index contributed by atoms with van der Waals surface area (Å²) >= 11 is 0. The summed E-state index contributed by atoms with van der Waals surface area (Å²) in [7, 11) is 0. The molecule has 8 nitrogen and oxygen atoms in total.